The van der Waals surface area contributed by atoms with Crippen LogP contribution in [0.1, 0.15) is 71.4 Å². The number of aromatic nitrogens is 8. The first-order valence-corrected chi connectivity index (χ1v) is 17.4. The summed E-state index contributed by atoms with van der Waals surface area (Å²) in [6, 6.07) is 8.47. The molecular weight excluding hydrogens is 638 g/mol. The van der Waals surface area contributed by atoms with E-state index in [1.807, 2.05) is 32.2 Å². The smallest absolute Gasteiger partial charge is 0.257 e. The summed E-state index contributed by atoms with van der Waals surface area (Å²) in [6.07, 6.45) is 12.3. The first kappa shape index (κ1) is 35.2. The van der Waals surface area contributed by atoms with Crippen LogP contribution in [0.15, 0.2) is 43.1 Å². The zero-order valence-electron chi connectivity index (χ0n) is 29.5. The van der Waals surface area contributed by atoms with Gasteiger partial charge in [-0.05, 0) is 81.5 Å². The number of morpholine rings is 1. The highest BCUT2D eigenvalue weighted by Gasteiger charge is 2.32. The van der Waals surface area contributed by atoms with Gasteiger partial charge in [-0.3, -0.25) is 9.58 Å². The van der Waals surface area contributed by atoms with E-state index in [0.29, 0.717) is 48.0 Å². The van der Waals surface area contributed by atoms with Crippen molar-refractivity contribution in [3.8, 4) is 28.8 Å². The average Bonchev–Trinajstić information content (AvgIpc) is 3.77. The van der Waals surface area contributed by atoms with Crippen molar-refractivity contribution in [2.75, 3.05) is 32.1 Å². The fourth-order valence-electron chi connectivity index (χ4n) is 6.81. The van der Waals surface area contributed by atoms with Crippen LogP contribution in [0.5, 0.6) is 11.6 Å². The molecule has 2 fully saturated rings. The van der Waals surface area contributed by atoms with Gasteiger partial charge >= 0.3 is 0 Å². The standard InChI is InChI=1S/C35H47N11O4/c1-23(12-13-47-5)50-34-32(21-46(41-34)31-10-8-30(9-11-31)44-18-24(2)48-25(3)19-44)40-35-37-16-29(17-38-35)27-6-7-28(15-36)33(14-27)49-26(4)20-45-22-39-42-43-45/h6-7,14,16-17,21-26,30-31H,8-13,18-20H2,1-5H3,(H,37,38,40)/t23-,24-,25+,26-,30-,31-/m0/s1. The molecule has 3 aromatic heterocycles. The van der Waals surface area contributed by atoms with E-state index < -0.39 is 0 Å². The molecule has 1 saturated carbocycles. The van der Waals surface area contributed by atoms with Crippen molar-refractivity contribution in [3.05, 3.63) is 48.7 Å². The molecule has 6 rings (SSSR count). The highest BCUT2D eigenvalue weighted by atomic mass is 16.5. The monoisotopic (exact) mass is 685 g/mol. The van der Waals surface area contributed by atoms with E-state index in [2.05, 4.69) is 60.3 Å². The largest absolute Gasteiger partial charge is 0.487 e. The lowest BCUT2D eigenvalue weighted by Gasteiger charge is -2.42. The molecule has 1 N–H and O–H groups in total. The molecule has 1 saturated heterocycles. The zero-order valence-corrected chi connectivity index (χ0v) is 29.5. The average molecular weight is 686 g/mol. The molecule has 4 aromatic rings. The Morgan fingerprint density at radius 3 is 2.42 bits per heavy atom. The predicted octanol–water partition coefficient (Wildman–Crippen LogP) is 4.81. The second kappa shape index (κ2) is 16.4. The Morgan fingerprint density at radius 2 is 1.74 bits per heavy atom. The molecule has 50 heavy (non-hydrogen) atoms. The molecule has 15 heteroatoms. The van der Waals surface area contributed by atoms with Crippen molar-refractivity contribution >= 4 is 11.6 Å². The molecule has 0 radical (unpaired) electrons. The van der Waals surface area contributed by atoms with Gasteiger partial charge in [-0.2, -0.15) is 5.26 Å². The molecular formula is C35H47N11O4. The normalized spacial score (nSPS) is 22.4. The lowest BCUT2D eigenvalue weighted by molar-refractivity contribution is -0.0852. The molecule has 0 spiro atoms. The van der Waals surface area contributed by atoms with Crippen molar-refractivity contribution in [1.82, 2.24) is 44.9 Å². The number of tetrazole rings is 1. The van der Waals surface area contributed by atoms with E-state index in [1.54, 1.807) is 30.3 Å². The van der Waals surface area contributed by atoms with Gasteiger partial charge < -0.3 is 24.3 Å². The molecule has 1 aliphatic carbocycles. The Labute approximate surface area is 292 Å². The molecule has 2 aliphatic rings. The molecule has 4 atom stereocenters. The number of nitrogens with zero attached hydrogens (tertiary/aromatic N) is 10. The Balaban J connectivity index is 1.14. The van der Waals surface area contributed by atoms with Crippen molar-refractivity contribution in [2.45, 2.75) is 103 Å². The SMILES string of the molecule is COCC[C@H](C)Oc1nn([C@H]2CC[C@H](N3C[C@@H](C)O[C@@H](C)C3)CC2)cc1Nc1ncc(-c2ccc(C#N)c(O[C@@H](C)Cn3cnnn3)c2)cn1. The molecule has 0 amide bonds. The Bertz CT molecular complexity index is 1690. The van der Waals surface area contributed by atoms with Crippen molar-refractivity contribution in [1.29, 1.82) is 5.26 Å². The number of methoxy groups -OCH3 is 1. The van der Waals surface area contributed by atoms with Crippen molar-refractivity contribution < 1.29 is 18.9 Å². The Morgan fingerprint density at radius 1 is 1.00 bits per heavy atom. The van der Waals surface area contributed by atoms with Gasteiger partial charge in [0.1, 0.15) is 29.9 Å². The lowest BCUT2D eigenvalue weighted by Crippen LogP contribution is -2.51. The molecule has 266 valence electrons. The number of hydrogen-bond acceptors (Lipinski definition) is 13. The third-order valence-corrected chi connectivity index (χ3v) is 9.24. The van der Waals surface area contributed by atoms with Crippen molar-refractivity contribution in [2.24, 2.45) is 0 Å². The van der Waals surface area contributed by atoms with E-state index in [0.717, 1.165) is 56.3 Å². The van der Waals surface area contributed by atoms with Gasteiger partial charge in [0.25, 0.3) is 5.88 Å². The van der Waals surface area contributed by atoms with Gasteiger partial charge in [0.2, 0.25) is 5.95 Å². The molecule has 15 nitrogen and oxygen atoms in total. The van der Waals surface area contributed by atoms with Crippen LogP contribution in [-0.4, -0.2) is 102 Å². The van der Waals surface area contributed by atoms with Crippen LogP contribution >= 0.6 is 0 Å². The van der Waals surface area contributed by atoms with Gasteiger partial charge in [-0.1, -0.05) is 6.07 Å². The molecule has 1 aromatic carbocycles. The first-order chi connectivity index (χ1) is 24.3. The fourth-order valence-corrected chi connectivity index (χ4v) is 6.81. The van der Waals surface area contributed by atoms with Crippen LogP contribution in [0.4, 0.5) is 11.6 Å². The summed E-state index contributed by atoms with van der Waals surface area (Å²) in [5.74, 6) is 1.40. The summed E-state index contributed by atoms with van der Waals surface area (Å²) in [7, 11) is 1.69. The topological polar surface area (TPSA) is 163 Å². The van der Waals surface area contributed by atoms with Gasteiger partial charge in [0.05, 0.1) is 42.7 Å². The third-order valence-electron chi connectivity index (χ3n) is 9.24. The number of benzene rings is 1. The minimum Gasteiger partial charge on any atom is -0.487 e. The van der Waals surface area contributed by atoms with Crippen LogP contribution in [-0.2, 0) is 16.0 Å². The maximum atomic E-state index is 9.68. The zero-order chi connectivity index (χ0) is 35.0. The van der Waals surface area contributed by atoms with Crippen LogP contribution in [0.3, 0.4) is 0 Å². The van der Waals surface area contributed by atoms with E-state index >= 15 is 0 Å². The Kier molecular flexibility index (Phi) is 11.5. The second-order valence-corrected chi connectivity index (χ2v) is 13.4. The number of rotatable bonds is 14. The third kappa shape index (κ3) is 8.92. The maximum absolute atomic E-state index is 9.68. The van der Waals surface area contributed by atoms with Gasteiger partial charge in [-0.15, -0.1) is 10.2 Å². The minimum absolute atomic E-state index is 0.0911. The number of anilines is 2. The van der Waals surface area contributed by atoms with E-state index in [-0.39, 0.29) is 30.5 Å². The van der Waals surface area contributed by atoms with Gasteiger partial charge in [0, 0.05) is 57.2 Å². The fraction of sp³-hybridized carbons (Fsp3) is 0.571. The second-order valence-electron chi connectivity index (χ2n) is 13.4. The number of nitriles is 1. The number of ether oxygens (including phenoxy) is 4. The van der Waals surface area contributed by atoms with E-state index in [9.17, 15) is 5.26 Å². The highest BCUT2D eigenvalue weighted by Crippen LogP contribution is 2.36. The van der Waals surface area contributed by atoms with Crippen LogP contribution in [0, 0.1) is 11.3 Å². The highest BCUT2D eigenvalue weighted by molar-refractivity contribution is 5.67. The van der Waals surface area contributed by atoms with Crippen LogP contribution in [0.2, 0.25) is 0 Å². The van der Waals surface area contributed by atoms with Crippen LogP contribution < -0.4 is 14.8 Å². The summed E-state index contributed by atoms with van der Waals surface area (Å²) >= 11 is 0. The quantitative estimate of drug-likeness (QED) is 0.193. The minimum atomic E-state index is -0.273. The summed E-state index contributed by atoms with van der Waals surface area (Å²) in [6.45, 7) is 11.3. The van der Waals surface area contributed by atoms with E-state index in [4.69, 9.17) is 24.0 Å². The van der Waals surface area contributed by atoms with Crippen molar-refractivity contribution in [3.63, 3.8) is 0 Å². The summed E-state index contributed by atoms with van der Waals surface area (Å²) < 4.78 is 27.3. The molecule has 0 bridgehead atoms. The van der Waals surface area contributed by atoms with Gasteiger partial charge in [-0.25, -0.2) is 14.6 Å². The number of nitrogens with one attached hydrogen (secondary N) is 1. The van der Waals surface area contributed by atoms with E-state index in [1.165, 1.54) is 6.33 Å². The summed E-state index contributed by atoms with van der Waals surface area (Å²) in [5.41, 5.74) is 2.74. The maximum Gasteiger partial charge on any atom is 0.257 e. The first-order valence-electron chi connectivity index (χ1n) is 17.4. The lowest BCUT2D eigenvalue weighted by atomic mass is 9.89. The molecule has 1 aliphatic heterocycles. The van der Waals surface area contributed by atoms with Crippen LogP contribution in [0.25, 0.3) is 11.1 Å². The summed E-state index contributed by atoms with van der Waals surface area (Å²) in [5, 5.41) is 29.2. The Hall–Kier alpha value is -4.65. The molecule has 4 heterocycles. The summed E-state index contributed by atoms with van der Waals surface area (Å²) in [4.78, 5) is 11.8. The molecule has 0 unspecified atom stereocenters. The predicted molar refractivity (Wildman–Crippen MR) is 185 cm³/mol. The van der Waals surface area contributed by atoms with Gasteiger partial charge in [0.15, 0.2) is 0 Å². The number of hydrogen-bond donors (Lipinski definition) is 1.